The summed E-state index contributed by atoms with van der Waals surface area (Å²) in [7, 11) is 4.33. The molecule has 3 heteroatoms. The predicted molar refractivity (Wildman–Crippen MR) is 98.8 cm³/mol. The number of para-hydroxylation sites is 1. The number of rotatable bonds is 5. The summed E-state index contributed by atoms with van der Waals surface area (Å²) in [6.45, 7) is 8.43. The van der Waals surface area contributed by atoms with Crippen LogP contribution in [0.5, 0.6) is 0 Å². The quantitative estimate of drug-likeness (QED) is 0.761. The molecule has 3 rings (SSSR count). The SMILES string of the molecule is C=CCn1c2c(c3ccccc31)CCSC2(C)CCN(C)C. The van der Waals surface area contributed by atoms with Crippen LogP contribution in [-0.2, 0) is 17.7 Å². The van der Waals surface area contributed by atoms with Crippen LogP contribution in [-0.4, -0.2) is 35.9 Å². The second-order valence-corrected chi connectivity index (χ2v) is 8.22. The molecule has 0 fully saturated rings. The van der Waals surface area contributed by atoms with Gasteiger partial charge in [0.1, 0.15) is 0 Å². The third kappa shape index (κ3) is 2.61. The average molecular weight is 314 g/mol. The van der Waals surface area contributed by atoms with Crippen molar-refractivity contribution in [3.8, 4) is 0 Å². The molecule has 0 saturated carbocycles. The van der Waals surface area contributed by atoms with E-state index >= 15 is 0 Å². The highest BCUT2D eigenvalue weighted by Gasteiger charge is 2.37. The monoisotopic (exact) mass is 314 g/mol. The lowest BCUT2D eigenvalue weighted by Gasteiger charge is -2.36. The normalized spacial score (nSPS) is 21.3. The van der Waals surface area contributed by atoms with E-state index in [0.29, 0.717) is 0 Å². The van der Waals surface area contributed by atoms with Crippen LogP contribution >= 0.6 is 11.8 Å². The lowest BCUT2D eigenvalue weighted by atomic mass is 9.95. The number of fused-ring (bicyclic) bond motifs is 3. The fourth-order valence-corrected chi connectivity index (χ4v) is 4.99. The first-order valence-corrected chi connectivity index (χ1v) is 9.05. The molecule has 22 heavy (non-hydrogen) atoms. The van der Waals surface area contributed by atoms with Crippen LogP contribution in [0.25, 0.3) is 10.9 Å². The number of thioether (sulfide) groups is 1. The van der Waals surface area contributed by atoms with Gasteiger partial charge in [0.25, 0.3) is 0 Å². The van der Waals surface area contributed by atoms with Crippen molar-refractivity contribution in [1.29, 1.82) is 0 Å². The van der Waals surface area contributed by atoms with E-state index < -0.39 is 0 Å². The second-order valence-electron chi connectivity index (χ2n) is 6.63. The summed E-state index contributed by atoms with van der Waals surface area (Å²) in [5.74, 6) is 1.22. The van der Waals surface area contributed by atoms with Crippen LogP contribution in [0.4, 0.5) is 0 Å². The summed E-state index contributed by atoms with van der Waals surface area (Å²) in [4.78, 5) is 2.29. The molecule has 1 aliphatic rings. The topological polar surface area (TPSA) is 8.17 Å². The van der Waals surface area contributed by atoms with Crippen LogP contribution in [0.15, 0.2) is 36.9 Å². The van der Waals surface area contributed by atoms with Crippen LogP contribution in [0, 0.1) is 0 Å². The summed E-state index contributed by atoms with van der Waals surface area (Å²) in [6, 6.07) is 8.86. The Morgan fingerprint density at radius 2 is 2.14 bits per heavy atom. The fourth-order valence-electron chi connectivity index (χ4n) is 3.63. The Kier molecular flexibility index (Phi) is 4.37. The zero-order chi connectivity index (χ0) is 15.7. The van der Waals surface area contributed by atoms with Gasteiger partial charge >= 0.3 is 0 Å². The summed E-state index contributed by atoms with van der Waals surface area (Å²) in [5.41, 5.74) is 4.47. The van der Waals surface area contributed by atoms with E-state index in [1.54, 1.807) is 5.56 Å². The molecule has 0 spiro atoms. The number of nitrogens with zero attached hydrogens (tertiary/aromatic N) is 2. The molecule has 1 aromatic heterocycles. The maximum atomic E-state index is 3.98. The maximum Gasteiger partial charge on any atom is 0.0547 e. The minimum atomic E-state index is 0.194. The van der Waals surface area contributed by atoms with Crippen molar-refractivity contribution in [1.82, 2.24) is 9.47 Å². The molecule has 118 valence electrons. The smallest absolute Gasteiger partial charge is 0.0547 e. The molecule has 1 aromatic carbocycles. The Morgan fingerprint density at radius 1 is 1.36 bits per heavy atom. The maximum absolute atomic E-state index is 3.98. The molecule has 1 unspecified atom stereocenters. The van der Waals surface area contributed by atoms with Crippen molar-refractivity contribution in [2.75, 3.05) is 26.4 Å². The van der Waals surface area contributed by atoms with Crippen LogP contribution in [0.1, 0.15) is 24.6 Å². The Balaban J connectivity index is 2.17. The summed E-state index contributed by atoms with van der Waals surface area (Å²) >= 11 is 2.12. The van der Waals surface area contributed by atoms with E-state index in [2.05, 4.69) is 73.1 Å². The highest BCUT2D eigenvalue weighted by atomic mass is 32.2. The molecule has 2 nitrogen and oxygen atoms in total. The summed E-state index contributed by atoms with van der Waals surface area (Å²) < 4.78 is 2.69. The van der Waals surface area contributed by atoms with Gasteiger partial charge in [-0.3, -0.25) is 0 Å². The molecule has 0 N–H and O–H groups in total. The molecule has 0 aliphatic carbocycles. The third-order valence-electron chi connectivity index (χ3n) is 4.70. The minimum Gasteiger partial charge on any atom is -0.339 e. The number of benzene rings is 1. The molecular formula is C19H26N2S. The zero-order valence-corrected chi connectivity index (χ0v) is 14.7. The van der Waals surface area contributed by atoms with E-state index in [-0.39, 0.29) is 4.75 Å². The fraction of sp³-hybridized carbons (Fsp3) is 0.474. The molecule has 0 saturated heterocycles. The minimum absolute atomic E-state index is 0.194. The van der Waals surface area contributed by atoms with Crippen molar-refractivity contribution in [3.05, 3.63) is 48.2 Å². The average Bonchev–Trinajstić information content (AvgIpc) is 2.82. The third-order valence-corrected chi connectivity index (χ3v) is 6.14. The molecule has 2 heterocycles. The van der Waals surface area contributed by atoms with Gasteiger partial charge in [-0.1, -0.05) is 24.3 Å². The highest BCUT2D eigenvalue weighted by molar-refractivity contribution is 8.00. The van der Waals surface area contributed by atoms with E-state index in [1.807, 2.05) is 6.08 Å². The van der Waals surface area contributed by atoms with Gasteiger partial charge in [-0.15, -0.1) is 18.3 Å². The number of allylic oxidation sites excluding steroid dienone is 1. The number of hydrogen-bond donors (Lipinski definition) is 0. The van der Waals surface area contributed by atoms with E-state index in [4.69, 9.17) is 0 Å². The number of aromatic nitrogens is 1. The van der Waals surface area contributed by atoms with E-state index in [0.717, 1.165) is 13.1 Å². The van der Waals surface area contributed by atoms with E-state index in [9.17, 15) is 0 Å². The Bertz CT molecular complexity index is 686. The van der Waals surface area contributed by atoms with Crippen molar-refractivity contribution in [2.24, 2.45) is 0 Å². The first kappa shape index (κ1) is 15.7. The van der Waals surface area contributed by atoms with Gasteiger partial charge < -0.3 is 9.47 Å². The zero-order valence-electron chi connectivity index (χ0n) is 13.9. The molecule has 1 aliphatic heterocycles. The lowest BCUT2D eigenvalue weighted by molar-refractivity contribution is 0.370. The van der Waals surface area contributed by atoms with Crippen molar-refractivity contribution >= 4 is 22.7 Å². The summed E-state index contributed by atoms with van der Waals surface area (Å²) in [5, 5.41) is 1.44. The van der Waals surface area contributed by atoms with Gasteiger partial charge in [0, 0.05) is 23.1 Å². The molecule has 0 bridgehead atoms. The number of aryl methyl sites for hydroxylation is 1. The molecule has 2 aromatic rings. The predicted octanol–water partition coefficient (Wildman–Crippen LogP) is 4.28. The Hall–Kier alpha value is -1.19. The van der Waals surface area contributed by atoms with Crippen molar-refractivity contribution in [3.63, 3.8) is 0 Å². The molecule has 0 radical (unpaired) electrons. The van der Waals surface area contributed by atoms with Crippen LogP contribution in [0.3, 0.4) is 0 Å². The van der Waals surface area contributed by atoms with Gasteiger partial charge in [-0.05, 0) is 57.8 Å². The standard InChI is InChI=1S/C19H26N2S/c1-5-12-21-17-9-7-6-8-15(17)16-10-14-22-19(2,18(16)21)11-13-20(3)4/h5-9H,1,10-14H2,2-4H3. The first-order chi connectivity index (χ1) is 10.6. The van der Waals surface area contributed by atoms with Crippen molar-refractivity contribution in [2.45, 2.75) is 31.1 Å². The molecule has 1 atom stereocenters. The first-order valence-electron chi connectivity index (χ1n) is 8.07. The van der Waals surface area contributed by atoms with Gasteiger partial charge in [-0.2, -0.15) is 0 Å². The van der Waals surface area contributed by atoms with Crippen molar-refractivity contribution < 1.29 is 0 Å². The van der Waals surface area contributed by atoms with E-state index in [1.165, 1.54) is 35.2 Å². The lowest BCUT2D eigenvalue weighted by Crippen LogP contribution is -2.31. The van der Waals surface area contributed by atoms with Gasteiger partial charge in [-0.25, -0.2) is 0 Å². The Labute approximate surface area is 138 Å². The molecular weight excluding hydrogens is 288 g/mol. The van der Waals surface area contributed by atoms with Gasteiger partial charge in [0.05, 0.1) is 4.75 Å². The van der Waals surface area contributed by atoms with Gasteiger partial charge in [0.2, 0.25) is 0 Å². The summed E-state index contributed by atoms with van der Waals surface area (Å²) in [6.07, 6.45) is 4.39. The van der Waals surface area contributed by atoms with Crippen LogP contribution in [0.2, 0.25) is 0 Å². The van der Waals surface area contributed by atoms with Gasteiger partial charge in [0.15, 0.2) is 0 Å². The Morgan fingerprint density at radius 3 is 2.86 bits per heavy atom. The van der Waals surface area contributed by atoms with Crippen LogP contribution < -0.4 is 0 Å². The highest BCUT2D eigenvalue weighted by Crippen LogP contribution is 2.48. The number of hydrogen-bond acceptors (Lipinski definition) is 2. The molecule has 0 amide bonds. The second kappa shape index (κ2) is 6.13. The largest absolute Gasteiger partial charge is 0.339 e.